The van der Waals surface area contributed by atoms with E-state index in [0.29, 0.717) is 12.6 Å². The van der Waals surface area contributed by atoms with Gasteiger partial charge in [-0.05, 0) is 46.7 Å². The minimum absolute atomic E-state index is 0.255. The van der Waals surface area contributed by atoms with Crippen LogP contribution in [0.15, 0.2) is 0 Å². The topological polar surface area (TPSA) is 53.6 Å². The standard InChI is InChI=1S/C13H27N3O2/c1-13(2,3)18-12(17)16(4)10-9-15-11-5-7-14-8-6-11/h11,14-15H,5-10H2,1-4H3. The fraction of sp³-hybridized carbons (Fsp3) is 0.923. The first-order chi connectivity index (χ1) is 8.38. The maximum absolute atomic E-state index is 11.7. The molecule has 0 aromatic rings. The van der Waals surface area contributed by atoms with Crippen molar-refractivity contribution in [3.63, 3.8) is 0 Å². The second kappa shape index (κ2) is 6.95. The molecule has 0 aliphatic carbocycles. The molecule has 5 heteroatoms. The van der Waals surface area contributed by atoms with Gasteiger partial charge in [0.25, 0.3) is 0 Å². The second-order valence-corrected chi connectivity index (χ2v) is 5.88. The molecule has 0 spiro atoms. The Labute approximate surface area is 110 Å². The van der Waals surface area contributed by atoms with Crippen molar-refractivity contribution >= 4 is 6.09 Å². The van der Waals surface area contributed by atoms with Crippen molar-refractivity contribution in [3.05, 3.63) is 0 Å². The number of nitrogens with zero attached hydrogens (tertiary/aromatic N) is 1. The summed E-state index contributed by atoms with van der Waals surface area (Å²) in [4.78, 5) is 13.3. The summed E-state index contributed by atoms with van der Waals surface area (Å²) in [5, 5.41) is 6.81. The molecule has 0 saturated carbocycles. The number of piperidine rings is 1. The van der Waals surface area contributed by atoms with Crippen molar-refractivity contribution in [2.24, 2.45) is 0 Å². The molecule has 18 heavy (non-hydrogen) atoms. The van der Waals surface area contributed by atoms with E-state index in [0.717, 1.165) is 32.5 Å². The third kappa shape index (κ3) is 6.21. The van der Waals surface area contributed by atoms with E-state index < -0.39 is 5.60 Å². The Balaban J connectivity index is 2.15. The van der Waals surface area contributed by atoms with Crippen LogP contribution in [0, 0.1) is 0 Å². The largest absolute Gasteiger partial charge is 0.444 e. The monoisotopic (exact) mass is 257 g/mol. The quantitative estimate of drug-likeness (QED) is 0.794. The van der Waals surface area contributed by atoms with Crippen molar-refractivity contribution in [1.29, 1.82) is 0 Å². The molecule has 0 unspecified atom stereocenters. The van der Waals surface area contributed by atoms with Crippen LogP contribution < -0.4 is 10.6 Å². The molecule has 0 aromatic heterocycles. The van der Waals surface area contributed by atoms with Crippen molar-refractivity contribution in [3.8, 4) is 0 Å². The first-order valence-electron chi connectivity index (χ1n) is 6.77. The van der Waals surface area contributed by atoms with E-state index in [1.807, 2.05) is 20.8 Å². The van der Waals surface area contributed by atoms with Gasteiger partial charge < -0.3 is 20.3 Å². The summed E-state index contributed by atoms with van der Waals surface area (Å²) < 4.78 is 5.29. The zero-order valence-corrected chi connectivity index (χ0v) is 12.1. The van der Waals surface area contributed by atoms with Crippen LogP contribution in [0.2, 0.25) is 0 Å². The maximum atomic E-state index is 11.7. The van der Waals surface area contributed by atoms with E-state index in [2.05, 4.69) is 10.6 Å². The van der Waals surface area contributed by atoms with E-state index in [1.54, 1.807) is 11.9 Å². The number of amides is 1. The maximum Gasteiger partial charge on any atom is 0.410 e. The van der Waals surface area contributed by atoms with Crippen LogP contribution in [0.4, 0.5) is 4.79 Å². The van der Waals surface area contributed by atoms with E-state index in [-0.39, 0.29) is 6.09 Å². The highest BCUT2D eigenvalue weighted by Gasteiger charge is 2.19. The van der Waals surface area contributed by atoms with Crippen LogP contribution >= 0.6 is 0 Å². The van der Waals surface area contributed by atoms with Gasteiger partial charge in [0.2, 0.25) is 0 Å². The smallest absolute Gasteiger partial charge is 0.410 e. The third-order valence-corrected chi connectivity index (χ3v) is 2.92. The fourth-order valence-electron chi connectivity index (χ4n) is 1.89. The lowest BCUT2D eigenvalue weighted by Crippen LogP contribution is -2.44. The highest BCUT2D eigenvalue weighted by molar-refractivity contribution is 5.67. The zero-order chi connectivity index (χ0) is 13.6. The van der Waals surface area contributed by atoms with Gasteiger partial charge in [-0.1, -0.05) is 0 Å². The normalized spacial score (nSPS) is 17.6. The molecule has 1 heterocycles. The molecule has 2 N–H and O–H groups in total. The molecule has 1 amide bonds. The fourth-order valence-corrected chi connectivity index (χ4v) is 1.89. The van der Waals surface area contributed by atoms with Gasteiger partial charge in [-0.3, -0.25) is 0 Å². The van der Waals surface area contributed by atoms with Crippen molar-refractivity contribution in [1.82, 2.24) is 15.5 Å². The van der Waals surface area contributed by atoms with Gasteiger partial charge in [-0.15, -0.1) is 0 Å². The Hall–Kier alpha value is -0.810. The third-order valence-electron chi connectivity index (χ3n) is 2.92. The highest BCUT2D eigenvalue weighted by atomic mass is 16.6. The minimum Gasteiger partial charge on any atom is -0.444 e. The number of ether oxygens (including phenoxy) is 1. The molecule has 0 atom stereocenters. The summed E-state index contributed by atoms with van der Waals surface area (Å²) in [6.45, 7) is 9.31. The lowest BCUT2D eigenvalue weighted by atomic mass is 10.1. The second-order valence-electron chi connectivity index (χ2n) is 5.88. The molecule has 1 rings (SSSR count). The van der Waals surface area contributed by atoms with Crippen molar-refractivity contribution < 1.29 is 9.53 Å². The van der Waals surface area contributed by atoms with Crippen LogP contribution in [-0.2, 0) is 4.74 Å². The van der Waals surface area contributed by atoms with E-state index in [9.17, 15) is 4.79 Å². The van der Waals surface area contributed by atoms with E-state index >= 15 is 0 Å². The molecule has 106 valence electrons. The summed E-state index contributed by atoms with van der Waals surface area (Å²) in [5.74, 6) is 0. The number of rotatable bonds is 4. The lowest BCUT2D eigenvalue weighted by Gasteiger charge is -2.27. The molecule has 1 saturated heterocycles. The van der Waals surface area contributed by atoms with Crippen molar-refractivity contribution in [2.75, 3.05) is 33.2 Å². The van der Waals surface area contributed by atoms with Gasteiger partial charge in [-0.2, -0.15) is 0 Å². The predicted octanol–water partition coefficient (Wildman–Crippen LogP) is 1.19. The highest BCUT2D eigenvalue weighted by Crippen LogP contribution is 2.08. The lowest BCUT2D eigenvalue weighted by molar-refractivity contribution is 0.0299. The molecule has 1 aliphatic heterocycles. The summed E-state index contributed by atoms with van der Waals surface area (Å²) in [6, 6.07) is 0.582. The van der Waals surface area contributed by atoms with Gasteiger partial charge in [0, 0.05) is 26.2 Å². The van der Waals surface area contributed by atoms with Crippen LogP contribution in [0.25, 0.3) is 0 Å². The van der Waals surface area contributed by atoms with Gasteiger partial charge in [0.15, 0.2) is 0 Å². The Bertz CT molecular complexity index is 257. The average Bonchev–Trinajstić information content (AvgIpc) is 2.28. The van der Waals surface area contributed by atoms with Crippen LogP contribution in [0.3, 0.4) is 0 Å². The summed E-state index contributed by atoms with van der Waals surface area (Å²) in [7, 11) is 1.78. The predicted molar refractivity (Wildman–Crippen MR) is 72.8 cm³/mol. The molecular formula is C13H27N3O2. The Kier molecular flexibility index (Phi) is 5.88. The van der Waals surface area contributed by atoms with Gasteiger partial charge in [-0.25, -0.2) is 4.79 Å². The molecule has 0 radical (unpaired) electrons. The molecule has 1 fully saturated rings. The average molecular weight is 257 g/mol. The van der Waals surface area contributed by atoms with Crippen LogP contribution in [0.5, 0.6) is 0 Å². The van der Waals surface area contributed by atoms with E-state index in [1.165, 1.54) is 0 Å². The Morgan fingerprint density at radius 3 is 2.56 bits per heavy atom. The molecule has 1 aliphatic rings. The van der Waals surface area contributed by atoms with Crippen LogP contribution in [-0.4, -0.2) is 55.9 Å². The first-order valence-corrected chi connectivity index (χ1v) is 6.77. The number of hydrogen-bond acceptors (Lipinski definition) is 4. The first kappa shape index (κ1) is 15.2. The van der Waals surface area contributed by atoms with Gasteiger partial charge >= 0.3 is 6.09 Å². The van der Waals surface area contributed by atoms with Gasteiger partial charge in [0.05, 0.1) is 0 Å². The van der Waals surface area contributed by atoms with E-state index in [4.69, 9.17) is 4.74 Å². The SMILES string of the molecule is CN(CCNC1CCNCC1)C(=O)OC(C)(C)C. The number of carbonyl (C=O) groups excluding carboxylic acids is 1. The number of likely N-dealkylation sites (N-methyl/N-ethyl adjacent to an activating group) is 1. The summed E-state index contributed by atoms with van der Waals surface area (Å²) >= 11 is 0. The Morgan fingerprint density at radius 2 is 2.00 bits per heavy atom. The number of carbonyl (C=O) groups is 1. The summed E-state index contributed by atoms with van der Waals surface area (Å²) in [5.41, 5.74) is -0.423. The number of hydrogen-bond donors (Lipinski definition) is 2. The zero-order valence-electron chi connectivity index (χ0n) is 12.1. The minimum atomic E-state index is -0.423. The molecular weight excluding hydrogens is 230 g/mol. The molecule has 5 nitrogen and oxygen atoms in total. The van der Waals surface area contributed by atoms with Crippen molar-refractivity contribution in [2.45, 2.75) is 45.3 Å². The molecule has 0 bridgehead atoms. The van der Waals surface area contributed by atoms with Gasteiger partial charge in [0.1, 0.15) is 5.60 Å². The number of nitrogens with one attached hydrogen (secondary N) is 2. The Morgan fingerprint density at radius 1 is 1.39 bits per heavy atom. The van der Waals surface area contributed by atoms with Crippen LogP contribution in [0.1, 0.15) is 33.6 Å². The molecule has 0 aromatic carbocycles. The summed E-state index contributed by atoms with van der Waals surface area (Å²) in [6.07, 6.45) is 2.07.